The molecule has 140 valence electrons. The highest BCUT2D eigenvalue weighted by molar-refractivity contribution is 5.56. The molecule has 0 amide bonds. The van der Waals surface area contributed by atoms with Crippen molar-refractivity contribution in [3.8, 4) is 0 Å². The van der Waals surface area contributed by atoms with Gasteiger partial charge in [-0.3, -0.25) is 4.90 Å². The van der Waals surface area contributed by atoms with Crippen molar-refractivity contribution in [1.29, 1.82) is 0 Å². The van der Waals surface area contributed by atoms with Gasteiger partial charge < -0.3 is 15.8 Å². The van der Waals surface area contributed by atoms with Crippen LogP contribution in [0.3, 0.4) is 0 Å². The second kappa shape index (κ2) is 7.87. The summed E-state index contributed by atoms with van der Waals surface area (Å²) in [7, 11) is 0. The zero-order chi connectivity index (χ0) is 17.9. The monoisotopic (exact) mass is 347 g/mol. The van der Waals surface area contributed by atoms with Crippen LogP contribution in [0.25, 0.3) is 0 Å². The SMILES string of the molecule is CCO[C@H]1CC[C@](C)(N2CCC(Nc3nc(C)cnc3N)CC2)CC1. The summed E-state index contributed by atoms with van der Waals surface area (Å²) in [5.41, 5.74) is 7.18. The predicted octanol–water partition coefficient (Wildman–Crippen LogP) is 2.98. The molecule has 6 heteroatoms. The molecule has 6 nitrogen and oxygen atoms in total. The minimum atomic E-state index is 0.334. The van der Waals surface area contributed by atoms with Crippen molar-refractivity contribution < 1.29 is 4.74 Å². The summed E-state index contributed by atoms with van der Waals surface area (Å²) in [5.74, 6) is 1.23. The Morgan fingerprint density at radius 2 is 1.96 bits per heavy atom. The van der Waals surface area contributed by atoms with Crippen LogP contribution in [0.5, 0.6) is 0 Å². The van der Waals surface area contributed by atoms with Gasteiger partial charge in [-0.05, 0) is 59.3 Å². The Labute approximate surface area is 151 Å². The van der Waals surface area contributed by atoms with Crippen molar-refractivity contribution in [1.82, 2.24) is 14.9 Å². The van der Waals surface area contributed by atoms with Crippen LogP contribution < -0.4 is 11.1 Å². The van der Waals surface area contributed by atoms with Crippen LogP contribution >= 0.6 is 0 Å². The fourth-order valence-corrected chi connectivity index (χ4v) is 4.28. The van der Waals surface area contributed by atoms with Crippen molar-refractivity contribution in [3.05, 3.63) is 11.9 Å². The van der Waals surface area contributed by atoms with E-state index >= 15 is 0 Å². The summed E-state index contributed by atoms with van der Waals surface area (Å²) in [6.45, 7) is 9.58. The molecule has 0 aromatic carbocycles. The van der Waals surface area contributed by atoms with Gasteiger partial charge in [0.25, 0.3) is 0 Å². The number of likely N-dealkylation sites (tertiary alicyclic amines) is 1. The van der Waals surface area contributed by atoms with Crippen molar-refractivity contribution in [2.75, 3.05) is 30.7 Å². The molecular weight excluding hydrogens is 314 g/mol. The van der Waals surface area contributed by atoms with E-state index in [1.807, 2.05) is 6.92 Å². The molecular formula is C19H33N5O. The largest absolute Gasteiger partial charge is 0.381 e. The van der Waals surface area contributed by atoms with Crippen molar-refractivity contribution in [2.45, 2.75) is 77.0 Å². The standard InChI is InChI=1S/C19H33N5O/c1-4-25-16-5-9-19(3,10-6-16)24-11-7-15(8-12-24)23-18-17(20)21-13-14(2)22-18/h13,15-16H,4-12H2,1-3H3,(H2,20,21)(H,22,23)/t16-,19-. The van der Waals surface area contributed by atoms with Gasteiger partial charge in [0.2, 0.25) is 0 Å². The summed E-state index contributed by atoms with van der Waals surface area (Å²) >= 11 is 0. The average molecular weight is 348 g/mol. The molecule has 2 fully saturated rings. The number of piperidine rings is 1. The van der Waals surface area contributed by atoms with E-state index in [9.17, 15) is 0 Å². The van der Waals surface area contributed by atoms with Gasteiger partial charge in [0.1, 0.15) is 0 Å². The molecule has 0 bridgehead atoms. The van der Waals surface area contributed by atoms with Crippen LogP contribution in [-0.4, -0.2) is 52.2 Å². The van der Waals surface area contributed by atoms with E-state index < -0.39 is 0 Å². The maximum absolute atomic E-state index is 5.95. The minimum Gasteiger partial charge on any atom is -0.381 e. The van der Waals surface area contributed by atoms with E-state index in [4.69, 9.17) is 10.5 Å². The Balaban J connectivity index is 1.51. The number of ether oxygens (including phenoxy) is 1. The first-order valence-electron chi connectivity index (χ1n) is 9.72. The molecule has 0 unspecified atom stereocenters. The molecule has 2 heterocycles. The van der Waals surface area contributed by atoms with E-state index in [1.54, 1.807) is 6.20 Å². The number of aromatic nitrogens is 2. The van der Waals surface area contributed by atoms with E-state index in [0.717, 1.165) is 44.0 Å². The molecule has 1 saturated heterocycles. The van der Waals surface area contributed by atoms with Crippen LogP contribution in [0.4, 0.5) is 11.6 Å². The molecule has 0 atom stereocenters. The number of nitrogens with zero attached hydrogens (tertiary/aromatic N) is 3. The number of aryl methyl sites for hydroxylation is 1. The normalized spacial score (nSPS) is 28.8. The average Bonchev–Trinajstić information content (AvgIpc) is 2.61. The zero-order valence-corrected chi connectivity index (χ0v) is 15.9. The molecule has 3 N–H and O–H groups in total. The van der Waals surface area contributed by atoms with E-state index in [0.29, 0.717) is 23.5 Å². The molecule has 0 spiro atoms. The third-order valence-corrected chi connectivity index (χ3v) is 5.93. The lowest BCUT2D eigenvalue weighted by Gasteiger charge is -2.48. The minimum absolute atomic E-state index is 0.334. The van der Waals surface area contributed by atoms with Gasteiger partial charge in [-0.1, -0.05) is 0 Å². The molecule has 25 heavy (non-hydrogen) atoms. The lowest BCUT2D eigenvalue weighted by atomic mass is 9.79. The Morgan fingerprint density at radius 3 is 2.60 bits per heavy atom. The maximum atomic E-state index is 5.95. The first-order chi connectivity index (χ1) is 12.0. The summed E-state index contributed by atoms with van der Waals surface area (Å²) < 4.78 is 5.81. The lowest BCUT2D eigenvalue weighted by molar-refractivity contribution is -0.0242. The molecule has 0 radical (unpaired) electrons. The topological polar surface area (TPSA) is 76.3 Å². The fraction of sp³-hybridized carbons (Fsp3) is 0.789. The molecule has 1 aliphatic carbocycles. The first kappa shape index (κ1) is 18.4. The van der Waals surface area contributed by atoms with Crippen LogP contribution in [-0.2, 0) is 4.74 Å². The predicted molar refractivity (Wildman–Crippen MR) is 102 cm³/mol. The van der Waals surface area contributed by atoms with Crippen LogP contribution in [0.15, 0.2) is 6.20 Å². The quantitative estimate of drug-likeness (QED) is 0.853. The smallest absolute Gasteiger partial charge is 0.169 e. The second-order valence-electron chi connectivity index (χ2n) is 7.80. The summed E-state index contributed by atoms with van der Waals surface area (Å²) in [4.78, 5) is 11.4. The summed E-state index contributed by atoms with van der Waals surface area (Å²) in [6, 6.07) is 0.429. The maximum Gasteiger partial charge on any atom is 0.169 e. The highest BCUT2D eigenvalue weighted by Gasteiger charge is 2.38. The number of anilines is 2. The van der Waals surface area contributed by atoms with Crippen molar-refractivity contribution in [2.24, 2.45) is 0 Å². The van der Waals surface area contributed by atoms with Crippen LogP contribution in [0.2, 0.25) is 0 Å². The van der Waals surface area contributed by atoms with Crippen LogP contribution in [0, 0.1) is 6.92 Å². The zero-order valence-electron chi connectivity index (χ0n) is 15.9. The Kier molecular flexibility index (Phi) is 5.79. The van der Waals surface area contributed by atoms with Gasteiger partial charge >= 0.3 is 0 Å². The van der Waals surface area contributed by atoms with Gasteiger partial charge in [-0.2, -0.15) is 0 Å². The Bertz CT molecular complexity index is 563. The summed E-state index contributed by atoms with van der Waals surface area (Å²) in [5, 5.41) is 3.50. The van der Waals surface area contributed by atoms with Gasteiger partial charge in [0.15, 0.2) is 11.6 Å². The molecule has 2 aliphatic rings. The second-order valence-corrected chi connectivity index (χ2v) is 7.80. The van der Waals surface area contributed by atoms with Crippen LogP contribution in [0.1, 0.15) is 58.1 Å². The number of hydrogen-bond donors (Lipinski definition) is 2. The lowest BCUT2D eigenvalue weighted by Crippen LogP contribution is -2.53. The number of rotatable bonds is 5. The van der Waals surface area contributed by atoms with E-state index in [-0.39, 0.29) is 0 Å². The third kappa shape index (κ3) is 4.42. The van der Waals surface area contributed by atoms with Crippen molar-refractivity contribution >= 4 is 11.6 Å². The van der Waals surface area contributed by atoms with Gasteiger partial charge in [0.05, 0.1) is 18.0 Å². The fourth-order valence-electron chi connectivity index (χ4n) is 4.28. The molecule has 1 saturated carbocycles. The highest BCUT2D eigenvalue weighted by Crippen LogP contribution is 2.36. The molecule has 3 rings (SSSR count). The number of hydrogen-bond acceptors (Lipinski definition) is 6. The summed E-state index contributed by atoms with van der Waals surface area (Å²) in [6.07, 6.45) is 9.30. The van der Waals surface area contributed by atoms with E-state index in [2.05, 4.69) is 34.0 Å². The first-order valence-corrected chi connectivity index (χ1v) is 9.72. The van der Waals surface area contributed by atoms with Crippen molar-refractivity contribution in [3.63, 3.8) is 0 Å². The van der Waals surface area contributed by atoms with Gasteiger partial charge in [-0.25, -0.2) is 9.97 Å². The molecule has 1 aromatic heterocycles. The third-order valence-electron chi connectivity index (χ3n) is 5.93. The van der Waals surface area contributed by atoms with E-state index in [1.165, 1.54) is 25.7 Å². The highest BCUT2D eigenvalue weighted by atomic mass is 16.5. The number of nitrogens with two attached hydrogens (primary N) is 1. The number of nitrogen functional groups attached to an aromatic ring is 1. The van der Waals surface area contributed by atoms with Gasteiger partial charge in [0, 0.05) is 31.3 Å². The number of nitrogens with one attached hydrogen (secondary N) is 1. The Hall–Kier alpha value is -1.40. The molecule has 1 aliphatic heterocycles. The van der Waals surface area contributed by atoms with Gasteiger partial charge in [-0.15, -0.1) is 0 Å². The molecule has 1 aromatic rings. The Morgan fingerprint density at radius 1 is 1.28 bits per heavy atom.